The minimum absolute atomic E-state index is 0.770. The van der Waals surface area contributed by atoms with Crippen molar-refractivity contribution in [2.24, 2.45) is 0 Å². The number of benzene rings is 1. The molecule has 0 aliphatic rings. The number of anilines is 1. The van der Waals surface area contributed by atoms with Crippen LogP contribution >= 0.6 is 50.3 Å². The van der Waals surface area contributed by atoms with E-state index >= 15 is 0 Å². The van der Waals surface area contributed by atoms with E-state index < -0.39 is 0 Å². The summed E-state index contributed by atoms with van der Waals surface area (Å²) >= 11 is 7.45. The van der Waals surface area contributed by atoms with E-state index in [0.29, 0.717) is 0 Å². The van der Waals surface area contributed by atoms with Gasteiger partial charge in [0.2, 0.25) is 0 Å². The number of aromatic nitrogens is 2. The van der Waals surface area contributed by atoms with E-state index in [1.807, 2.05) is 18.3 Å². The summed E-state index contributed by atoms with van der Waals surface area (Å²) in [5.74, 6) is 2.54. The molecule has 0 saturated carbocycles. The summed E-state index contributed by atoms with van der Waals surface area (Å²) < 4.78 is 2.14. The highest BCUT2D eigenvalue weighted by Crippen LogP contribution is 2.25. The van der Waals surface area contributed by atoms with Gasteiger partial charge in [-0.2, -0.15) is 0 Å². The van der Waals surface area contributed by atoms with Crippen LogP contribution < -0.4 is 5.32 Å². The molecule has 0 radical (unpaired) electrons. The summed E-state index contributed by atoms with van der Waals surface area (Å²) in [6, 6.07) is 8.25. The standard InChI is InChI=1S/C13H13BrIN3S/c1-2-16-13-11(15)7-17-12(18-13)8-19-10-5-3-4-9(14)6-10/h3-7H,2,8H2,1H3,(H,16,17,18). The normalized spacial score (nSPS) is 10.5. The van der Waals surface area contributed by atoms with Gasteiger partial charge in [0.1, 0.15) is 11.6 Å². The van der Waals surface area contributed by atoms with Crippen LogP contribution in [-0.2, 0) is 5.75 Å². The van der Waals surface area contributed by atoms with Gasteiger partial charge in [-0.25, -0.2) is 9.97 Å². The fourth-order valence-corrected chi connectivity index (χ4v) is 3.29. The number of hydrogen-bond donors (Lipinski definition) is 1. The molecule has 19 heavy (non-hydrogen) atoms. The fraction of sp³-hybridized carbons (Fsp3) is 0.231. The summed E-state index contributed by atoms with van der Waals surface area (Å²) in [5.41, 5.74) is 0. The molecule has 0 atom stereocenters. The fourth-order valence-electron chi connectivity index (χ4n) is 1.47. The highest BCUT2D eigenvalue weighted by atomic mass is 127. The Balaban J connectivity index is 2.05. The van der Waals surface area contributed by atoms with Crippen molar-refractivity contribution in [1.82, 2.24) is 9.97 Å². The Kier molecular flexibility index (Phi) is 5.90. The van der Waals surface area contributed by atoms with E-state index in [1.54, 1.807) is 11.8 Å². The molecule has 0 aliphatic carbocycles. The van der Waals surface area contributed by atoms with E-state index in [-0.39, 0.29) is 0 Å². The minimum atomic E-state index is 0.770. The van der Waals surface area contributed by atoms with Crippen LogP contribution in [0.3, 0.4) is 0 Å². The lowest BCUT2D eigenvalue weighted by Gasteiger charge is -2.07. The van der Waals surface area contributed by atoms with Gasteiger partial charge in [0.25, 0.3) is 0 Å². The maximum Gasteiger partial charge on any atom is 0.143 e. The lowest BCUT2D eigenvalue weighted by Crippen LogP contribution is -2.05. The van der Waals surface area contributed by atoms with Crippen LogP contribution in [0, 0.1) is 3.57 Å². The first kappa shape index (κ1) is 15.1. The molecule has 0 saturated heterocycles. The monoisotopic (exact) mass is 449 g/mol. The Labute approximate surface area is 139 Å². The zero-order valence-corrected chi connectivity index (χ0v) is 14.9. The highest BCUT2D eigenvalue weighted by molar-refractivity contribution is 14.1. The van der Waals surface area contributed by atoms with Crippen molar-refractivity contribution in [1.29, 1.82) is 0 Å². The molecular weight excluding hydrogens is 437 g/mol. The summed E-state index contributed by atoms with van der Waals surface area (Å²) in [6.07, 6.45) is 1.86. The number of nitrogens with zero attached hydrogens (tertiary/aromatic N) is 2. The highest BCUT2D eigenvalue weighted by Gasteiger charge is 2.05. The topological polar surface area (TPSA) is 37.8 Å². The number of nitrogens with one attached hydrogen (secondary N) is 1. The van der Waals surface area contributed by atoms with Crippen LogP contribution in [0.1, 0.15) is 12.7 Å². The lowest BCUT2D eigenvalue weighted by atomic mass is 10.4. The molecule has 0 spiro atoms. The van der Waals surface area contributed by atoms with Gasteiger partial charge < -0.3 is 5.32 Å². The van der Waals surface area contributed by atoms with Gasteiger partial charge in [-0.15, -0.1) is 11.8 Å². The Morgan fingerprint density at radius 3 is 3.00 bits per heavy atom. The van der Waals surface area contributed by atoms with Crippen LogP contribution in [-0.4, -0.2) is 16.5 Å². The van der Waals surface area contributed by atoms with Crippen LogP contribution in [0.25, 0.3) is 0 Å². The zero-order valence-electron chi connectivity index (χ0n) is 10.4. The molecule has 1 N–H and O–H groups in total. The molecule has 0 fully saturated rings. The van der Waals surface area contributed by atoms with Crippen LogP contribution in [0.4, 0.5) is 5.82 Å². The lowest BCUT2D eigenvalue weighted by molar-refractivity contribution is 1.01. The van der Waals surface area contributed by atoms with Crippen LogP contribution in [0.5, 0.6) is 0 Å². The Hall–Kier alpha value is -0.340. The smallest absolute Gasteiger partial charge is 0.143 e. The van der Waals surface area contributed by atoms with Crippen molar-refractivity contribution in [2.75, 3.05) is 11.9 Å². The number of hydrogen-bond acceptors (Lipinski definition) is 4. The van der Waals surface area contributed by atoms with Crippen molar-refractivity contribution in [3.8, 4) is 0 Å². The maximum atomic E-state index is 4.54. The molecule has 1 heterocycles. The Morgan fingerprint density at radius 2 is 2.26 bits per heavy atom. The second kappa shape index (κ2) is 7.44. The largest absolute Gasteiger partial charge is 0.369 e. The Bertz CT molecular complexity index is 565. The van der Waals surface area contributed by atoms with Crippen molar-refractivity contribution in [3.63, 3.8) is 0 Å². The molecule has 1 aromatic heterocycles. The van der Waals surface area contributed by atoms with Gasteiger partial charge >= 0.3 is 0 Å². The second-order valence-corrected chi connectivity index (χ2v) is 6.89. The average molecular weight is 450 g/mol. The first-order valence-corrected chi connectivity index (χ1v) is 8.68. The number of rotatable bonds is 5. The third-order valence-corrected chi connectivity index (χ3v) is 4.57. The molecule has 0 bridgehead atoms. The molecule has 100 valence electrons. The van der Waals surface area contributed by atoms with Crippen molar-refractivity contribution in [3.05, 3.63) is 44.3 Å². The first-order chi connectivity index (χ1) is 9.19. The van der Waals surface area contributed by atoms with E-state index in [0.717, 1.165) is 32.0 Å². The third kappa shape index (κ3) is 4.61. The molecule has 2 aromatic rings. The second-order valence-electron chi connectivity index (χ2n) is 3.76. The molecule has 1 aromatic carbocycles. The number of thioether (sulfide) groups is 1. The average Bonchev–Trinajstić information content (AvgIpc) is 2.40. The summed E-state index contributed by atoms with van der Waals surface area (Å²) in [4.78, 5) is 10.1. The predicted octanol–water partition coefficient (Wildman–Crippen LogP) is 4.57. The van der Waals surface area contributed by atoms with Gasteiger partial charge in [-0.3, -0.25) is 0 Å². The minimum Gasteiger partial charge on any atom is -0.369 e. The maximum absolute atomic E-state index is 4.54. The van der Waals surface area contributed by atoms with Crippen molar-refractivity contribution >= 4 is 56.1 Å². The van der Waals surface area contributed by atoms with Crippen molar-refractivity contribution < 1.29 is 0 Å². The third-order valence-electron chi connectivity index (χ3n) is 2.30. The summed E-state index contributed by atoms with van der Waals surface area (Å²) in [7, 11) is 0. The summed E-state index contributed by atoms with van der Waals surface area (Å²) in [6.45, 7) is 2.93. The molecule has 0 amide bonds. The SMILES string of the molecule is CCNc1nc(CSc2cccc(Br)c2)ncc1I. The van der Waals surface area contributed by atoms with Gasteiger partial charge in [0.15, 0.2) is 0 Å². The molecular formula is C13H13BrIN3S. The Morgan fingerprint density at radius 1 is 1.42 bits per heavy atom. The van der Waals surface area contributed by atoms with E-state index in [2.05, 4.69) is 72.9 Å². The van der Waals surface area contributed by atoms with Crippen LogP contribution in [0.15, 0.2) is 39.8 Å². The molecule has 0 aliphatic heterocycles. The van der Waals surface area contributed by atoms with Gasteiger partial charge in [0, 0.05) is 22.1 Å². The van der Waals surface area contributed by atoms with E-state index in [1.165, 1.54) is 4.90 Å². The quantitative estimate of drug-likeness (QED) is 0.536. The summed E-state index contributed by atoms with van der Waals surface area (Å²) in [5, 5.41) is 3.25. The molecule has 0 unspecified atom stereocenters. The zero-order chi connectivity index (χ0) is 13.7. The van der Waals surface area contributed by atoms with E-state index in [9.17, 15) is 0 Å². The first-order valence-electron chi connectivity index (χ1n) is 5.82. The number of halogens is 2. The van der Waals surface area contributed by atoms with E-state index in [4.69, 9.17) is 0 Å². The molecule has 6 heteroatoms. The molecule has 2 rings (SSSR count). The van der Waals surface area contributed by atoms with Gasteiger partial charge in [-0.1, -0.05) is 22.0 Å². The van der Waals surface area contributed by atoms with Crippen LogP contribution in [0.2, 0.25) is 0 Å². The van der Waals surface area contributed by atoms with Gasteiger partial charge in [0.05, 0.1) is 9.32 Å². The molecule has 3 nitrogen and oxygen atoms in total. The van der Waals surface area contributed by atoms with Gasteiger partial charge in [-0.05, 0) is 47.7 Å². The van der Waals surface area contributed by atoms with Crippen molar-refractivity contribution in [2.45, 2.75) is 17.6 Å². The predicted molar refractivity (Wildman–Crippen MR) is 92.6 cm³/mol.